The predicted molar refractivity (Wildman–Crippen MR) is 595 cm³/mol. The highest BCUT2D eigenvalue weighted by Gasteiger charge is 2.34. The first-order chi connectivity index (χ1) is 70.3. The molecule has 0 aliphatic carbocycles. The number of aliphatic hydroxyl groups is 1. The van der Waals surface area contributed by atoms with Crippen LogP contribution in [0.1, 0.15) is 208 Å². The fourth-order valence-corrected chi connectivity index (χ4v) is 20.1. The topological polar surface area (TPSA) is 493 Å². The van der Waals surface area contributed by atoms with Crippen molar-refractivity contribution in [2.24, 2.45) is 0 Å². The molecule has 5 amide bonds. The Morgan fingerprint density at radius 3 is 0.953 bits per heavy atom. The molecular weight excluding hydrogens is 2040 g/mol. The Balaban J connectivity index is 0.000000192. The van der Waals surface area contributed by atoms with Gasteiger partial charge in [-0.2, -0.15) is 4.31 Å². The molecule has 0 aromatic heterocycles. The van der Waals surface area contributed by atoms with Gasteiger partial charge in [-0.15, -0.1) is 0 Å². The van der Waals surface area contributed by atoms with Gasteiger partial charge in [-0.05, 0) is 354 Å². The maximum Gasteiger partial charge on any atom is 0.255 e. The number of nitrogens with zero attached hydrogens (tertiary/aromatic N) is 3. The number of morpholine rings is 2. The van der Waals surface area contributed by atoms with Crippen LogP contribution in [-0.2, 0) is 80.0 Å². The number of ether oxygens (including phenoxy) is 2. The first kappa shape index (κ1) is 118. The van der Waals surface area contributed by atoms with E-state index in [4.69, 9.17) is 9.47 Å². The van der Waals surface area contributed by atoms with Gasteiger partial charge in [0.05, 0.1) is 61.2 Å². The zero-order valence-corrected chi connectivity index (χ0v) is 91.9. The highest BCUT2D eigenvalue weighted by Crippen LogP contribution is 2.34. The van der Waals surface area contributed by atoms with E-state index in [0.29, 0.717) is 109 Å². The third kappa shape index (κ3) is 34.1. The lowest BCUT2D eigenvalue weighted by atomic mass is 9.98. The van der Waals surface area contributed by atoms with Gasteiger partial charge in [0.2, 0.25) is 60.1 Å². The van der Waals surface area contributed by atoms with Crippen LogP contribution in [0.25, 0.3) is 0 Å². The van der Waals surface area contributed by atoms with Gasteiger partial charge in [-0.3, -0.25) is 57.2 Å². The zero-order valence-electron chi connectivity index (χ0n) is 87.0. The van der Waals surface area contributed by atoms with E-state index in [9.17, 15) is 89.2 Å². The van der Waals surface area contributed by atoms with Crippen LogP contribution in [0, 0.1) is 13.8 Å². The fourth-order valence-electron chi connectivity index (χ4n) is 14.9. The number of hydrogen-bond donors (Lipinski definition) is 11. The zero-order chi connectivity index (χ0) is 110. The van der Waals surface area contributed by atoms with E-state index in [-0.39, 0.29) is 71.8 Å². The van der Waals surface area contributed by atoms with Gasteiger partial charge in [0.1, 0.15) is 5.78 Å². The summed E-state index contributed by atoms with van der Waals surface area (Å²) >= 11 is 0. The number of benzene rings is 11. The molecule has 0 spiro atoms. The highest BCUT2D eigenvalue weighted by molar-refractivity contribution is 7.94. The van der Waals surface area contributed by atoms with Crippen LogP contribution in [-0.4, -0.2) is 191 Å². The van der Waals surface area contributed by atoms with E-state index in [1.54, 1.807) is 253 Å². The summed E-state index contributed by atoms with van der Waals surface area (Å²) in [4.78, 5) is 91.0. The molecule has 3 heterocycles. The SMILES string of the molecule is CC(C)S(=O)(=O)Nc1ccc(C(=O)Nc2ccc(C(=O)c3ccccc3)cc2)cc1.CC(C)S(=O)(=O)Nc1ccc(C(=O)Nc2ccc(C(C)(C)O)cc2)cc1.CC(C)S(=O)(=O)Nc1ccc(C(=O)Nc2ccc(N3CCC(=O)CC3)cc2)cc1.CC(C)S(=O)(=O)Nc1ccc(C(=O)Nc2cccc(S(=O)(=O)N3C[C@@H](C)O[C@@H](C)C3)c2)cc1.Cc1c(NC(=O)c2ccc(NS(=O)(=O)C(C)C)cc2)ccc(N2C[C@@H](C)O[C@@H](C)C2)c1C. The molecule has 3 aliphatic rings. The summed E-state index contributed by atoms with van der Waals surface area (Å²) in [6.07, 6.45) is 1.07. The number of ketones is 2. The monoisotopic (exact) mass is 2170 g/mol. The van der Waals surface area contributed by atoms with E-state index in [0.717, 1.165) is 59.9 Å². The molecule has 41 heteroatoms. The normalized spacial score (nSPS) is 15.6. The molecular formula is C109H133N13O22S6. The minimum Gasteiger partial charge on any atom is -0.386 e. The van der Waals surface area contributed by atoms with Crippen LogP contribution in [0.2, 0.25) is 0 Å². The molecule has 4 atom stereocenters. The maximum atomic E-state index is 13.1. The van der Waals surface area contributed by atoms with E-state index in [1.165, 1.54) is 52.8 Å². The lowest BCUT2D eigenvalue weighted by Crippen LogP contribution is -2.48. The molecule has 11 aromatic carbocycles. The van der Waals surface area contributed by atoms with Crippen LogP contribution < -0.4 is 60.0 Å². The molecule has 11 aromatic rings. The Labute approximate surface area is 880 Å². The summed E-state index contributed by atoms with van der Waals surface area (Å²) in [6, 6.07) is 71.2. The van der Waals surface area contributed by atoms with Crippen molar-refractivity contribution >= 4 is 169 Å². The van der Waals surface area contributed by atoms with Crippen molar-refractivity contribution in [2.45, 2.75) is 199 Å². The molecule has 3 fully saturated rings. The smallest absolute Gasteiger partial charge is 0.255 e. The molecule has 14 rings (SSSR count). The van der Waals surface area contributed by atoms with Crippen molar-refractivity contribution in [1.29, 1.82) is 0 Å². The second-order valence-electron chi connectivity index (χ2n) is 38.3. The van der Waals surface area contributed by atoms with E-state index in [2.05, 4.69) is 80.8 Å². The predicted octanol–water partition coefficient (Wildman–Crippen LogP) is 18.1. The Bertz CT molecular complexity index is 7270. The molecule has 802 valence electrons. The minimum atomic E-state index is -3.74. The molecule has 0 radical (unpaired) electrons. The van der Waals surface area contributed by atoms with Crippen molar-refractivity contribution in [2.75, 3.05) is 99.3 Å². The van der Waals surface area contributed by atoms with Crippen molar-refractivity contribution in [3.8, 4) is 0 Å². The number of amides is 5. The van der Waals surface area contributed by atoms with Gasteiger partial charge < -0.3 is 51.0 Å². The van der Waals surface area contributed by atoms with Crippen LogP contribution in [0.15, 0.2) is 266 Å². The number of rotatable bonds is 32. The van der Waals surface area contributed by atoms with Crippen LogP contribution >= 0.6 is 0 Å². The number of nitrogens with one attached hydrogen (secondary N) is 10. The molecule has 35 nitrogen and oxygen atoms in total. The number of piperidine rings is 1. The summed E-state index contributed by atoms with van der Waals surface area (Å²) in [5.41, 5.74) is 12.1. The van der Waals surface area contributed by atoms with Crippen LogP contribution in [0.3, 0.4) is 0 Å². The van der Waals surface area contributed by atoms with Gasteiger partial charge in [0.15, 0.2) is 5.78 Å². The lowest BCUT2D eigenvalue weighted by Gasteiger charge is -2.38. The second-order valence-corrected chi connectivity index (χ2v) is 51.4. The summed E-state index contributed by atoms with van der Waals surface area (Å²) in [7, 11) is -20.9. The third-order valence-corrected chi connectivity index (χ3v) is 34.8. The third-order valence-electron chi connectivity index (χ3n) is 24.1. The first-order valence-corrected chi connectivity index (χ1v) is 57.8. The quantitative estimate of drug-likeness (QED) is 0.0174. The lowest BCUT2D eigenvalue weighted by molar-refractivity contribution is -0.119. The average Bonchev–Trinajstić information content (AvgIpc) is 0.788. The molecule has 0 unspecified atom stereocenters. The number of carbonyl (C=O) groups is 7. The van der Waals surface area contributed by atoms with Crippen LogP contribution in [0.4, 0.5) is 68.2 Å². The Kier molecular flexibility index (Phi) is 40.7. The largest absolute Gasteiger partial charge is 0.386 e. The summed E-state index contributed by atoms with van der Waals surface area (Å²) in [6.45, 7) is 34.8. The van der Waals surface area contributed by atoms with Gasteiger partial charge in [-0.1, -0.05) is 48.5 Å². The van der Waals surface area contributed by atoms with Crippen molar-refractivity contribution < 1.29 is 98.6 Å². The first-order valence-electron chi connectivity index (χ1n) is 48.7. The van der Waals surface area contributed by atoms with Gasteiger partial charge in [0, 0.05) is 159 Å². The molecule has 150 heavy (non-hydrogen) atoms. The van der Waals surface area contributed by atoms with Crippen LogP contribution in [0.5, 0.6) is 0 Å². The molecule has 3 aliphatic heterocycles. The molecule has 11 N–H and O–H groups in total. The van der Waals surface area contributed by atoms with E-state index >= 15 is 0 Å². The summed E-state index contributed by atoms with van der Waals surface area (Å²) in [5, 5.41) is 21.2. The van der Waals surface area contributed by atoms with E-state index in [1.807, 2.05) is 63.2 Å². The fraction of sp³-hybridized carbons (Fsp3) is 0.330. The minimum absolute atomic E-state index is 0.0834. The Hall–Kier alpha value is -13.8. The number of hydrogen-bond acceptors (Lipinski definition) is 24. The Morgan fingerprint density at radius 1 is 0.327 bits per heavy atom. The van der Waals surface area contributed by atoms with Crippen molar-refractivity contribution in [3.63, 3.8) is 0 Å². The van der Waals surface area contributed by atoms with Crippen molar-refractivity contribution in [3.05, 3.63) is 316 Å². The molecule has 0 saturated carbocycles. The highest BCUT2D eigenvalue weighted by atomic mass is 32.2. The maximum absolute atomic E-state index is 13.1. The number of Topliss-reactive ketones (excluding diaryl/α,β-unsaturated/α-hetero) is 1. The van der Waals surface area contributed by atoms with Gasteiger partial charge in [-0.25, -0.2) is 50.5 Å². The second kappa shape index (κ2) is 51.6. The number of sulfonamides is 6. The van der Waals surface area contributed by atoms with Gasteiger partial charge >= 0.3 is 0 Å². The van der Waals surface area contributed by atoms with Crippen molar-refractivity contribution in [1.82, 2.24) is 4.31 Å². The van der Waals surface area contributed by atoms with Gasteiger partial charge in [0.25, 0.3) is 29.5 Å². The standard InChI is InChI=1S/C24H33N3O4S.C23H22N2O4S.C22H29N3O6S2.C21H25N3O4S.C19H24N2O4S/c1-15(2)32(29,30)26-21-9-7-20(8-10-21)24(28)25-22-11-12-23(19(6)18(22)5)27-13-16(3)31-17(4)14-27;1-16(2)30(28,29)25-21-14-10-19(11-15-21)23(27)24-20-12-8-18(9-13-20)22(26)17-6-4-3-5-7-17;1-15(2)32(27,28)24-19-10-8-18(9-11-19)22(26)23-20-6-5-7-21(12-20)33(29,30)25-13-16(3)31-17(4)14-25;1-15(2)29(27,28)23-18-5-3-16(4-6-18)21(26)22-17-7-9-19(10-8-17)24-13-11-20(25)12-14-24;1-13(2)26(24,25)21-17-9-5-14(6-10-17)18(22)20-16-11-7-15(8-12-16)19(3,4)23/h7-12,15-17,26H,13-14H2,1-6H3,(H,25,28);3-16,25H,1-2H3,(H,24,27);5-12,15-17,24H,13-14H2,1-4H3,(H,23,26);3-10,15,23H,11-14H2,1-2H3,(H,22,26);5-13,21,23H,1-4H3,(H,20,22)/t16-,17+;;16-,17+;;. The molecule has 3 saturated heterocycles. The summed E-state index contributed by atoms with van der Waals surface area (Å²) in [5.74, 6) is -1.40. The summed E-state index contributed by atoms with van der Waals surface area (Å²) < 4.78 is 171. The average molecular weight is 2170 g/mol. The molecule has 0 bridgehead atoms. The van der Waals surface area contributed by atoms with E-state index < -0.39 is 97.9 Å². The number of carbonyl (C=O) groups excluding carboxylic acids is 7. The Morgan fingerprint density at radius 2 is 0.620 bits per heavy atom. The number of anilines is 12.